The van der Waals surface area contributed by atoms with Crippen LogP contribution < -0.4 is 0 Å². The second-order valence-electron chi connectivity index (χ2n) is 2.72. The van der Waals surface area contributed by atoms with Gasteiger partial charge in [-0.2, -0.15) is 0 Å². The molecule has 9 heavy (non-hydrogen) atoms. The van der Waals surface area contributed by atoms with Crippen LogP contribution in [0.25, 0.3) is 0 Å². The Morgan fingerprint density at radius 3 is 2.00 bits per heavy atom. The van der Waals surface area contributed by atoms with Crippen LogP contribution in [0, 0.1) is 22.8 Å². The second kappa shape index (κ2) is 3.61. The maximum atomic E-state index is 5.08. The summed E-state index contributed by atoms with van der Waals surface area (Å²) in [4.78, 5) is 0. The molecule has 0 aromatic heterocycles. The van der Waals surface area contributed by atoms with E-state index in [1.807, 2.05) is 0 Å². The fourth-order valence-electron chi connectivity index (χ4n) is 0.242. The Bertz CT molecular complexity index is 191. The third-order valence-corrected chi connectivity index (χ3v) is 1.52. The maximum absolute atomic E-state index is 5.08. The average molecular weight is 157 g/mol. The van der Waals surface area contributed by atoms with Crippen molar-refractivity contribution in [3.63, 3.8) is 0 Å². The molecular formula is C7H9ClSi. The van der Waals surface area contributed by atoms with Gasteiger partial charge in [-0.3, -0.25) is 0 Å². The molecule has 0 aromatic rings. The van der Waals surface area contributed by atoms with Crippen LogP contribution in [0.3, 0.4) is 0 Å². The van der Waals surface area contributed by atoms with Gasteiger partial charge in [-0.25, -0.2) is 0 Å². The van der Waals surface area contributed by atoms with E-state index >= 15 is 0 Å². The van der Waals surface area contributed by atoms with Crippen molar-refractivity contribution in [1.82, 2.24) is 0 Å². The highest BCUT2D eigenvalue weighted by Crippen LogP contribution is 1.95. The molecule has 0 fully saturated rings. The number of halogens is 1. The van der Waals surface area contributed by atoms with Crippen molar-refractivity contribution in [2.45, 2.75) is 19.6 Å². The second-order valence-corrected chi connectivity index (χ2v) is 7.66. The number of hydrogen-bond acceptors (Lipinski definition) is 0. The summed E-state index contributed by atoms with van der Waals surface area (Å²) in [5.41, 5.74) is 3.05. The molecule has 0 aliphatic heterocycles. The molecule has 0 N–H and O–H groups in total. The van der Waals surface area contributed by atoms with E-state index in [0.717, 1.165) is 0 Å². The molecule has 0 aromatic carbocycles. The van der Waals surface area contributed by atoms with Crippen LogP contribution in [-0.2, 0) is 0 Å². The van der Waals surface area contributed by atoms with Gasteiger partial charge in [0.1, 0.15) is 8.07 Å². The Hall–Kier alpha value is -0.373. The van der Waals surface area contributed by atoms with E-state index in [9.17, 15) is 0 Å². The summed E-state index contributed by atoms with van der Waals surface area (Å²) in [6.07, 6.45) is 0. The van der Waals surface area contributed by atoms with E-state index in [2.05, 4.69) is 42.4 Å². The average Bonchev–Trinajstić information content (AvgIpc) is 1.63. The first-order chi connectivity index (χ1) is 4.06. The van der Waals surface area contributed by atoms with Crippen LogP contribution in [0.15, 0.2) is 0 Å². The van der Waals surface area contributed by atoms with Crippen LogP contribution in [0.4, 0.5) is 0 Å². The summed E-state index contributed by atoms with van der Waals surface area (Å²) in [6, 6.07) is 0. The van der Waals surface area contributed by atoms with Gasteiger partial charge in [-0.05, 0) is 17.5 Å². The van der Waals surface area contributed by atoms with Gasteiger partial charge in [0.25, 0.3) is 0 Å². The van der Waals surface area contributed by atoms with E-state index in [1.54, 1.807) is 0 Å². The standard InChI is InChI=1S/C7H9ClSi/c1-9(2,3)7-5-4-6-8/h1-3H3. The maximum Gasteiger partial charge on any atom is 0.130 e. The van der Waals surface area contributed by atoms with Gasteiger partial charge in [-0.15, -0.1) is 5.54 Å². The van der Waals surface area contributed by atoms with Crippen molar-refractivity contribution < 1.29 is 0 Å². The molecule has 48 valence electrons. The molecule has 0 atom stereocenters. The molecule has 0 unspecified atom stereocenters. The van der Waals surface area contributed by atoms with Crippen molar-refractivity contribution in [3.8, 4) is 22.8 Å². The first kappa shape index (κ1) is 8.63. The fraction of sp³-hybridized carbons (Fsp3) is 0.429. The van der Waals surface area contributed by atoms with Gasteiger partial charge < -0.3 is 0 Å². The molecule has 0 amide bonds. The fourth-order valence-corrected chi connectivity index (χ4v) is 0.727. The minimum absolute atomic E-state index is 1.22. The third kappa shape index (κ3) is 7.63. The highest BCUT2D eigenvalue weighted by molar-refractivity contribution is 6.83. The van der Waals surface area contributed by atoms with Crippen molar-refractivity contribution in [2.24, 2.45) is 0 Å². The van der Waals surface area contributed by atoms with Gasteiger partial charge in [-0.1, -0.05) is 19.6 Å². The summed E-state index contributed by atoms with van der Waals surface area (Å²) >= 11 is 5.08. The highest BCUT2D eigenvalue weighted by Gasteiger charge is 2.06. The molecule has 0 saturated heterocycles. The van der Waals surface area contributed by atoms with Crippen LogP contribution in [0.1, 0.15) is 0 Å². The van der Waals surface area contributed by atoms with E-state index in [1.165, 1.54) is 0 Å². The Kier molecular flexibility index (Phi) is 3.46. The van der Waals surface area contributed by atoms with Crippen LogP contribution in [0.5, 0.6) is 0 Å². The van der Waals surface area contributed by atoms with Crippen molar-refractivity contribution in [2.75, 3.05) is 0 Å². The van der Waals surface area contributed by atoms with Gasteiger partial charge >= 0.3 is 0 Å². The molecule has 2 heteroatoms. The van der Waals surface area contributed by atoms with Gasteiger partial charge in [0.15, 0.2) is 0 Å². The zero-order chi connectivity index (χ0) is 7.33. The molecule has 0 heterocycles. The molecule has 0 spiro atoms. The molecular weight excluding hydrogens is 148 g/mol. The predicted molar refractivity (Wildman–Crippen MR) is 44.8 cm³/mol. The summed E-state index contributed by atoms with van der Waals surface area (Å²) in [5, 5.41) is 2.21. The van der Waals surface area contributed by atoms with E-state index in [-0.39, 0.29) is 0 Å². The minimum atomic E-state index is -1.22. The third-order valence-electron chi connectivity index (χ3n) is 0.547. The van der Waals surface area contributed by atoms with E-state index < -0.39 is 8.07 Å². The van der Waals surface area contributed by atoms with Crippen LogP contribution in [-0.4, -0.2) is 8.07 Å². The first-order valence-electron chi connectivity index (χ1n) is 2.69. The Morgan fingerprint density at radius 1 is 1.11 bits per heavy atom. The van der Waals surface area contributed by atoms with Crippen molar-refractivity contribution in [1.29, 1.82) is 0 Å². The SMILES string of the molecule is C[Si](C)(C)C#CC#CCl. The first-order valence-corrected chi connectivity index (χ1v) is 6.57. The normalized spacial score (nSPS) is 8.44. The molecule has 0 rings (SSSR count). The number of hydrogen-bond donors (Lipinski definition) is 0. The number of rotatable bonds is 0. The summed E-state index contributed by atoms with van der Waals surface area (Å²) < 4.78 is 0. The monoisotopic (exact) mass is 156 g/mol. The Labute approximate surface area is 62.6 Å². The predicted octanol–water partition coefficient (Wildman–Crippen LogP) is 2.07. The lowest BCUT2D eigenvalue weighted by Crippen LogP contribution is -2.16. The zero-order valence-electron chi connectivity index (χ0n) is 5.88. The van der Waals surface area contributed by atoms with Crippen molar-refractivity contribution in [3.05, 3.63) is 0 Å². The smallest absolute Gasteiger partial charge is 0.118 e. The molecule has 0 radical (unpaired) electrons. The van der Waals surface area contributed by atoms with Crippen LogP contribution >= 0.6 is 11.6 Å². The molecule has 0 bridgehead atoms. The Balaban J connectivity index is 3.99. The summed E-state index contributed by atoms with van der Waals surface area (Å²) in [7, 11) is -1.22. The summed E-state index contributed by atoms with van der Waals surface area (Å²) in [5.74, 6) is 5.19. The lowest BCUT2D eigenvalue weighted by atomic mass is 10.7. The van der Waals surface area contributed by atoms with E-state index in [4.69, 9.17) is 11.6 Å². The van der Waals surface area contributed by atoms with E-state index in [0.29, 0.717) is 0 Å². The lowest BCUT2D eigenvalue weighted by Gasteiger charge is -2.01. The summed E-state index contributed by atoms with van der Waals surface area (Å²) in [6.45, 7) is 6.49. The minimum Gasteiger partial charge on any atom is -0.118 e. The topological polar surface area (TPSA) is 0 Å². The van der Waals surface area contributed by atoms with Crippen molar-refractivity contribution >= 4 is 19.7 Å². The zero-order valence-corrected chi connectivity index (χ0v) is 7.63. The van der Waals surface area contributed by atoms with Gasteiger partial charge in [0.05, 0.1) is 0 Å². The molecule has 0 nitrogen and oxygen atoms in total. The lowest BCUT2D eigenvalue weighted by molar-refractivity contribution is 1.81. The van der Waals surface area contributed by atoms with Crippen LogP contribution in [0.2, 0.25) is 19.6 Å². The quantitative estimate of drug-likeness (QED) is 0.372. The van der Waals surface area contributed by atoms with Gasteiger partial charge in [0.2, 0.25) is 0 Å². The molecule has 0 aliphatic rings. The highest BCUT2D eigenvalue weighted by atomic mass is 35.5. The largest absolute Gasteiger partial charge is 0.130 e. The molecule has 0 aliphatic carbocycles. The molecule has 0 saturated carbocycles. The Morgan fingerprint density at radius 2 is 1.67 bits per heavy atom. The van der Waals surface area contributed by atoms with Gasteiger partial charge in [0, 0.05) is 11.3 Å².